The molecular weight excluding hydrogens is 383 g/mol. The number of hydrogen-bond donors (Lipinski definition) is 0. The standard InChI is InChI=1S/C20H33IO/c1-2-3-4-5-6-7-8-9-10-11-12-13-17-22-20-16-14-15-19(21)18-20/h14-16,18H,2-13,17H2,1H3. The summed E-state index contributed by atoms with van der Waals surface area (Å²) in [4.78, 5) is 0. The van der Waals surface area contributed by atoms with Gasteiger partial charge in [0, 0.05) is 3.57 Å². The van der Waals surface area contributed by atoms with E-state index in [9.17, 15) is 0 Å². The second kappa shape index (κ2) is 14.3. The maximum Gasteiger partial charge on any atom is 0.120 e. The van der Waals surface area contributed by atoms with E-state index < -0.39 is 0 Å². The molecule has 1 aromatic carbocycles. The number of rotatable bonds is 14. The van der Waals surface area contributed by atoms with E-state index in [-0.39, 0.29) is 0 Å². The van der Waals surface area contributed by atoms with Gasteiger partial charge in [-0.3, -0.25) is 0 Å². The molecule has 126 valence electrons. The van der Waals surface area contributed by atoms with Gasteiger partial charge in [0.2, 0.25) is 0 Å². The SMILES string of the molecule is CCCCCCCCCCCCCCOc1cccc(I)c1. The van der Waals surface area contributed by atoms with Crippen LogP contribution in [0.1, 0.15) is 84.0 Å². The first-order valence-electron chi connectivity index (χ1n) is 9.21. The second-order valence-electron chi connectivity index (χ2n) is 6.19. The van der Waals surface area contributed by atoms with Gasteiger partial charge in [0.15, 0.2) is 0 Å². The summed E-state index contributed by atoms with van der Waals surface area (Å²) in [5.74, 6) is 1.01. The molecule has 1 nitrogen and oxygen atoms in total. The molecule has 0 aliphatic heterocycles. The van der Waals surface area contributed by atoms with Crippen LogP contribution in [-0.4, -0.2) is 6.61 Å². The molecule has 2 heteroatoms. The van der Waals surface area contributed by atoms with E-state index in [2.05, 4.69) is 47.7 Å². The number of halogens is 1. The summed E-state index contributed by atoms with van der Waals surface area (Å²) < 4.78 is 7.01. The Labute approximate surface area is 151 Å². The third-order valence-electron chi connectivity index (χ3n) is 4.06. The van der Waals surface area contributed by atoms with Gasteiger partial charge in [0.05, 0.1) is 6.61 Å². The lowest BCUT2D eigenvalue weighted by atomic mass is 10.1. The molecule has 0 unspecified atom stereocenters. The van der Waals surface area contributed by atoms with Crippen molar-refractivity contribution in [1.29, 1.82) is 0 Å². The van der Waals surface area contributed by atoms with E-state index in [1.807, 2.05) is 6.07 Å². The highest BCUT2D eigenvalue weighted by Gasteiger charge is 1.96. The average molecular weight is 416 g/mol. The van der Waals surface area contributed by atoms with Gasteiger partial charge in [-0.25, -0.2) is 0 Å². The molecule has 0 bridgehead atoms. The first kappa shape index (κ1) is 19.8. The van der Waals surface area contributed by atoms with Crippen molar-refractivity contribution in [2.24, 2.45) is 0 Å². The Morgan fingerprint density at radius 2 is 1.32 bits per heavy atom. The van der Waals surface area contributed by atoms with Gasteiger partial charge >= 0.3 is 0 Å². The predicted octanol–water partition coefficient (Wildman–Crippen LogP) is 7.37. The van der Waals surface area contributed by atoms with Crippen LogP contribution in [0.4, 0.5) is 0 Å². The summed E-state index contributed by atoms with van der Waals surface area (Å²) in [6.45, 7) is 3.14. The monoisotopic (exact) mass is 416 g/mol. The van der Waals surface area contributed by atoms with Gasteiger partial charge in [-0.15, -0.1) is 0 Å². The molecule has 0 radical (unpaired) electrons. The molecule has 0 heterocycles. The zero-order valence-electron chi connectivity index (χ0n) is 14.3. The summed E-state index contributed by atoms with van der Waals surface area (Å²) in [6.07, 6.45) is 16.7. The molecule has 0 aliphatic carbocycles. The molecule has 0 amide bonds. The Balaban J connectivity index is 1.80. The van der Waals surface area contributed by atoms with E-state index in [0.717, 1.165) is 12.4 Å². The topological polar surface area (TPSA) is 9.23 Å². The zero-order valence-corrected chi connectivity index (χ0v) is 16.4. The molecule has 0 saturated heterocycles. The lowest BCUT2D eigenvalue weighted by Crippen LogP contribution is -1.97. The van der Waals surface area contributed by atoms with Crippen LogP contribution in [0.25, 0.3) is 0 Å². The van der Waals surface area contributed by atoms with Crippen LogP contribution in [0.2, 0.25) is 0 Å². The highest BCUT2D eigenvalue weighted by Crippen LogP contribution is 2.16. The fraction of sp³-hybridized carbons (Fsp3) is 0.700. The number of ether oxygens (including phenoxy) is 1. The molecule has 0 aromatic heterocycles. The van der Waals surface area contributed by atoms with Crippen LogP contribution in [0.5, 0.6) is 5.75 Å². The van der Waals surface area contributed by atoms with Crippen molar-refractivity contribution in [3.8, 4) is 5.75 Å². The van der Waals surface area contributed by atoms with E-state index in [1.165, 1.54) is 80.6 Å². The van der Waals surface area contributed by atoms with Gasteiger partial charge in [0.1, 0.15) is 5.75 Å². The Kier molecular flexibility index (Phi) is 12.9. The fourth-order valence-electron chi connectivity index (χ4n) is 2.69. The van der Waals surface area contributed by atoms with Crippen molar-refractivity contribution >= 4 is 22.6 Å². The van der Waals surface area contributed by atoms with Crippen molar-refractivity contribution in [1.82, 2.24) is 0 Å². The summed E-state index contributed by atoms with van der Waals surface area (Å²) in [5.41, 5.74) is 0. The minimum absolute atomic E-state index is 0.859. The lowest BCUT2D eigenvalue weighted by Gasteiger charge is -2.06. The fourth-order valence-corrected chi connectivity index (χ4v) is 3.20. The molecule has 0 saturated carbocycles. The molecule has 1 aromatic rings. The van der Waals surface area contributed by atoms with Crippen LogP contribution in [0.15, 0.2) is 24.3 Å². The Morgan fingerprint density at radius 3 is 1.86 bits per heavy atom. The van der Waals surface area contributed by atoms with Gasteiger partial charge in [-0.2, -0.15) is 0 Å². The van der Waals surface area contributed by atoms with Gasteiger partial charge in [-0.1, -0.05) is 83.6 Å². The first-order chi connectivity index (χ1) is 10.8. The van der Waals surface area contributed by atoms with Crippen molar-refractivity contribution in [3.05, 3.63) is 27.8 Å². The predicted molar refractivity (Wildman–Crippen MR) is 106 cm³/mol. The second-order valence-corrected chi connectivity index (χ2v) is 7.44. The lowest BCUT2D eigenvalue weighted by molar-refractivity contribution is 0.304. The largest absolute Gasteiger partial charge is 0.494 e. The normalized spacial score (nSPS) is 10.8. The highest BCUT2D eigenvalue weighted by molar-refractivity contribution is 14.1. The summed E-state index contributed by atoms with van der Waals surface area (Å²) >= 11 is 2.32. The molecule has 0 spiro atoms. The minimum Gasteiger partial charge on any atom is -0.494 e. The third kappa shape index (κ3) is 11.3. The van der Waals surface area contributed by atoms with Crippen molar-refractivity contribution in [2.45, 2.75) is 84.0 Å². The summed E-state index contributed by atoms with van der Waals surface area (Å²) in [7, 11) is 0. The van der Waals surface area contributed by atoms with Crippen molar-refractivity contribution in [2.75, 3.05) is 6.61 Å². The van der Waals surface area contributed by atoms with Gasteiger partial charge in [-0.05, 0) is 47.2 Å². The number of hydrogen-bond acceptors (Lipinski definition) is 1. The number of benzene rings is 1. The zero-order chi connectivity index (χ0) is 15.9. The van der Waals surface area contributed by atoms with E-state index in [4.69, 9.17) is 4.74 Å². The van der Waals surface area contributed by atoms with Crippen LogP contribution in [-0.2, 0) is 0 Å². The first-order valence-corrected chi connectivity index (χ1v) is 10.3. The minimum atomic E-state index is 0.859. The van der Waals surface area contributed by atoms with E-state index in [0.29, 0.717) is 0 Å². The van der Waals surface area contributed by atoms with Gasteiger partial charge in [0.25, 0.3) is 0 Å². The highest BCUT2D eigenvalue weighted by atomic mass is 127. The average Bonchev–Trinajstić information content (AvgIpc) is 2.52. The Bertz CT molecular complexity index is 364. The Hall–Kier alpha value is -0.250. The van der Waals surface area contributed by atoms with Crippen molar-refractivity contribution in [3.63, 3.8) is 0 Å². The van der Waals surface area contributed by atoms with Crippen molar-refractivity contribution < 1.29 is 4.74 Å². The molecule has 22 heavy (non-hydrogen) atoms. The molecule has 1 rings (SSSR count). The summed E-state index contributed by atoms with van der Waals surface area (Å²) in [5, 5.41) is 0. The number of unbranched alkanes of at least 4 members (excludes halogenated alkanes) is 11. The molecule has 0 N–H and O–H groups in total. The quantitative estimate of drug-likeness (QED) is 0.227. The third-order valence-corrected chi connectivity index (χ3v) is 4.73. The van der Waals surface area contributed by atoms with E-state index >= 15 is 0 Å². The smallest absolute Gasteiger partial charge is 0.120 e. The van der Waals surface area contributed by atoms with Crippen LogP contribution < -0.4 is 4.74 Å². The molecule has 0 atom stereocenters. The van der Waals surface area contributed by atoms with Crippen LogP contribution in [0.3, 0.4) is 0 Å². The summed E-state index contributed by atoms with van der Waals surface area (Å²) in [6, 6.07) is 8.29. The van der Waals surface area contributed by atoms with Crippen LogP contribution in [0, 0.1) is 3.57 Å². The maximum atomic E-state index is 5.77. The molecule has 0 aliphatic rings. The van der Waals surface area contributed by atoms with Gasteiger partial charge < -0.3 is 4.74 Å². The maximum absolute atomic E-state index is 5.77. The van der Waals surface area contributed by atoms with E-state index in [1.54, 1.807) is 0 Å². The van der Waals surface area contributed by atoms with Crippen LogP contribution >= 0.6 is 22.6 Å². The molecule has 0 fully saturated rings. The Morgan fingerprint density at radius 1 is 0.773 bits per heavy atom. The molecular formula is C20H33IO.